The Hall–Kier alpha value is -2.89. The van der Waals surface area contributed by atoms with Crippen molar-refractivity contribution in [2.45, 2.75) is 25.3 Å². The molecule has 0 radical (unpaired) electrons. The van der Waals surface area contributed by atoms with Crippen molar-refractivity contribution < 1.29 is 19.8 Å². The highest BCUT2D eigenvalue weighted by atomic mass is 16.4. The first-order valence-corrected chi connectivity index (χ1v) is 7.60. The van der Waals surface area contributed by atoms with Crippen molar-refractivity contribution in [1.82, 2.24) is 5.32 Å². The van der Waals surface area contributed by atoms with Crippen molar-refractivity contribution in [3.8, 4) is 0 Å². The van der Waals surface area contributed by atoms with E-state index < -0.39 is 17.5 Å². The van der Waals surface area contributed by atoms with Crippen LogP contribution < -0.4 is 5.32 Å². The molecule has 126 valence electrons. The molecule has 3 N–H and O–H groups in total. The summed E-state index contributed by atoms with van der Waals surface area (Å²) in [5.41, 5.74) is 0.330. The minimum absolute atomic E-state index is 0.130. The Morgan fingerprint density at radius 1 is 1.29 bits per heavy atom. The Morgan fingerprint density at radius 3 is 2.62 bits per heavy atom. The van der Waals surface area contributed by atoms with E-state index in [4.69, 9.17) is 5.11 Å². The summed E-state index contributed by atoms with van der Waals surface area (Å²) in [6.07, 6.45) is 5.70. The van der Waals surface area contributed by atoms with Crippen molar-refractivity contribution in [2.24, 2.45) is 4.99 Å². The Kier molecular flexibility index (Phi) is 5.52. The van der Waals surface area contributed by atoms with Crippen LogP contribution in [0.3, 0.4) is 0 Å². The second-order valence-corrected chi connectivity index (χ2v) is 5.83. The normalized spacial score (nSPS) is 22.2. The van der Waals surface area contributed by atoms with Crippen molar-refractivity contribution in [1.29, 1.82) is 0 Å². The van der Waals surface area contributed by atoms with Gasteiger partial charge >= 0.3 is 11.9 Å². The largest absolute Gasteiger partial charge is 0.480 e. The molecule has 0 unspecified atom stereocenters. The fraction of sp³-hybridized carbons (Fsp3) is 0.278. The zero-order chi connectivity index (χ0) is 17.6. The average molecular weight is 328 g/mol. The Bertz CT molecular complexity index is 707. The maximum atomic E-state index is 11.4. The Balaban J connectivity index is 2.04. The Morgan fingerprint density at radius 2 is 2.00 bits per heavy atom. The number of benzene rings is 1. The highest BCUT2D eigenvalue weighted by Crippen LogP contribution is 2.25. The molecule has 0 saturated carbocycles. The Labute approximate surface area is 140 Å². The van der Waals surface area contributed by atoms with Crippen LogP contribution in [0.15, 0.2) is 58.7 Å². The number of carboxylic acid groups (broad SMARTS) is 2. The molecule has 1 aromatic carbocycles. The third kappa shape index (κ3) is 4.55. The molecular formula is C18H20N2O4. The van der Waals surface area contributed by atoms with Crippen LogP contribution >= 0.6 is 0 Å². The highest BCUT2D eigenvalue weighted by molar-refractivity contribution is 5.91. The van der Waals surface area contributed by atoms with Gasteiger partial charge in [0.1, 0.15) is 11.2 Å². The number of aliphatic carboxylic acids is 2. The topological polar surface area (TPSA) is 99.0 Å². The number of aliphatic imine (C=N–C) groups is 1. The molecule has 0 spiro atoms. The van der Waals surface area contributed by atoms with Gasteiger partial charge in [-0.15, -0.1) is 0 Å². The van der Waals surface area contributed by atoms with Gasteiger partial charge in [0, 0.05) is 19.2 Å². The third-order valence-corrected chi connectivity index (χ3v) is 3.77. The third-order valence-electron chi connectivity index (χ3n) is 3.77. The van der Waals surface area contributed by atoms with E-state index in [2.05, 4.69) is 10.3 Å². The molecule has 0 aromatic heterocycles. The van der Waals surface area contributed by atoms with E-state index >= 15 is 0 Å². The van der Waals surface area contributed by atoms with Gasteiger partial charge < -0.3 is 15.5 Å². The van der Waals surface area contributed by atoms with Gasteiger partial charge in [-0.3, -0.25) is 4.99 Å². The maximum Gasteiger partial charge on any atom is 0.351 e. The van der Waals surface area contributed by atoms with Crippen LogP contribution in [0.2, 0.25) is 0 Å². The van der Waals surface area contributed by atoms with Crippen LogP contribution in [-0.4, -0.2) is 40.4 Å². The highest BCUT2D eigenvalue weighted by Gasteiger charge is 2.38. The zero-order valence-corrected chi connectivity index (χ0v) is 13.4. The number of nitrogens with zero attached hydrogens (tertiary/aromatic N) is 1. The van der Waals surface area contributed by atoms with Gasteiger partial charge in [-0.25, -0.2) is 9.59 Å². The summed E-state index contributed by atoms with van der Waals surface area (Å²) in [6.45, 7) is 2.07. The lowest BCUT2D eigenvalue weighted by atomic mass is 9.88. The molecule has 0 saturated heterocycles. The van der Waals surface area contributed by atoms with E-state index in [1.54, 1.807) is 12.3 Å². The number of carbonyl (C=O) groups is 2. The lowest BCUT2D eigenvalue weighted by molar-refractivity contribution is -0.144. The molecule has 0 aliphatic carbocycles. The van der Waals surface area contributed by atoms with Crippen LogP contribution in [0, 0.1) is 0 Å². The van der Waals surface area contributed by atoms with Gasteiger partial charge in [-0.2, -0.15) is 0 Å². The molecule has 0 bridgehead atoms. The summed E-state index contributed by atoms with van der Waals surface area (Å²) >= 11 is 0. The van der Waals surface area contributed by atoms with Crippen molar-refractivity contribution in [2.75, 3.05) is 6.54 Å². The smallest absolute Gasteiger partial charge is 0.351 e. The first kappa shape index (κ1) is 17.5. The lowest BCUT2D eigenvalue weighted by Gasteiger charge is -2.31. The van der Waals surface area contributed by atoms with E-state index in [0.29, 0.717) is 12.1 Å². The molecule has 1 aliphatic rings. The summed E-state index contributed by atoms with van der Waals surface area (Å²) in [4.78, 5) is 26.8. The summed E-state index contributed by atoms with van der Waals surface area (Å²) < 4.78 is 0. The van der Waals surface area contributed by atoms with Crippen LogP contribution in [0.25, 0.3) is 0 Å². The van der Waals surface area contributed by atoms with E-state index in [1.165, 1.54) is 18.6 Å². The van der Waals surface area contributed by atoms with Gasteiger partial charge in [0.15, 0.2) is 0 Å². The minimum atomic E-state index is -1.34. The second kappa shape index (κ2) is 7.59. The van der Waals surface area contributed by atoms with Crippen molar-refractivity contribution in [3.63, 3.8) is 0 Å². The van der Waals surface area contributed by atoms with Gasteiger partial charge in [0.2, 0.25) is 0 Å². The lowest BCUT2D eigenvalue weighted by Crippen LogP contribution is -2.52. The minimum Gasteiger partial charge on any atom is -0.480 e. The predicted octanol–water partition coefficient (Wildman–Crippen LogP) is 2.03. The van der Waals surface area contributed by atoms with E-state index in [9.17, 15) is 14.7 Å². The molecule has 6 nitrogen and oxygen atoms in total. The SMILES string of the molecule is C[C@@]1(C(=O)O)CC(=CC=NCCc2ccccc2)C=C(C(=O)O)N1. The van der Waals surface area contributed by atoms with Gasteiger partial charge in [-0.1, -0.05) is 30.3 Å². The standard InChI is InChI=1S/C18H20N2O4/c1-18(17(23)24)12-14(11-15(20-18)16(21)22)8-10-19-9-7-13-5-3-2-4-6-13/h2-6,8,10-11,20H,7,9,12H2,1H3,(H,21,22)(H,23,24)/t18-/m0/s1. The molecule has 1 atom stereocenters. The molecule has 1 heterocycles. The summed E-state index contributed by atoms with van der Waals surface area (Å²) in [5, 5.41) is 21.0. The molecule has 0 fully saturated rings. The van der Waals surface area contributed by atoms with Crippen LogP contribution in [0.1, 0.15) is 18.9 Å². The average Bonchev–Trinajstić information content (AvgIpc) is 2.55. The first-order valence-electron chi connectivity index (χ1n) is 7.60. The number of carboxylic acids is 2. The maximum absolute atomic E-state index is 11.4. The van der Waals surface area contributed by atoms with E-state index in [1.807, 2.05) is 30.3 Å². The van der Waals surface area contributed by atoms with Crippen LogP contribution in [0.4, 0.5) is 0 Å². The van der Waals surface area contributed by atoms with Crippen molar-refractivity contribution in [3.05, 3.63) is 59.3 Å². The van der Waals surface area contributed by atoms with E-state index in [-0.39, 0.29) is 12.1 Å². The van der Waals surface area contributed by atoms with E-state index in [0.717, 1.165) is 6.42 Å². The predicted molar refractivity (Wildman–Crippen MR) is 91.1 cm³/mol. The van der Waals surface area contributed by atoms with Crippen LogP contribution in [-0.2, 0) is 16.0 Å². The molecule has 0 amide bonds. The monoisotopic (exact) mass is 328 g/mol. The molecule has 1 aromatic rings. The number of rotatable bonds is 6. The number of hydrogen-bond donors (Lipinski definition) is 3. The molecule has 1 aliphatic heterocycles. The fourth-order valence-electron chi connectivity index (χ4n) is 2.43. The van der Waals surface area contributed by atoms with Gasteiger partial charge in [0.05, 0.1) is 0 Å². The fourth-order valence-corrected chi connectivity index (χ4v) is 2.43. The zero-order valence-electron chi connectivity index (χ0n) is 13.4. The van der Waals surface area contributed by atoms with Gasteiger partial charge in [0.25, 0.3) is 0 Å². The molecule has 24 heavy (non-hydrogen) atoms. The quantitative estimate of drug-likeness (QED) is 0.694. The summed E-state index contributed by atoms with van der Waals surface area (Å²) in [5.74, 6) is -2.28. The number of nitrogens with one attached hydrogen (secondary N) is 1. The van der Waals surface area contributed by atoms with Gasteiger partial charge in [-0.05, 0) is 36.6 Å². The first-order chi connectivity index (χ1) is 11.4. The van der Waals surface area contributed by atoms with Crippen LogP contribution in [0.5, 0.6) is 0 Å². The summed E-state index contributed by atoms with van der Waals surface area (Å²) in [6, 6.07) is 9.96. The summed E-state index contributed by atoms with van der Waals surface area (Å²) in [7, 11) is 0. The molecular weight excluding hydrogens is 308 g/mol. The molecule has 6 heteroatoms. The second-order valence-electron chi connectivity index (χ2n) is 5.83. The number of allylic oxidation sites excluding steroid dienone is 2. The molecule has 2 rings (SSSR count). The van der Waals surface area contributed by atoms with Crippen molar-refractivity contribution >= 4 is 18.2 Å². The number of hydrogen-bond acceptors (Lipinski definition) is 4.